The number of aryl methyl sites for hydroxylation is 1. The molecule has 0 saturated heterocycles. The number of likely N-dealkylation sites (N-methyl/N-ethyl adjacent to an activating group) is 1. The molecule has 0 aliphatic rings. The van der Waals surface area contributed by atoms with Crippen molar-refractivity contribution in [3.8, 4) is 17.2 Å². The van der Waals surface area contributed by atoms with Crippen LogP contribution in [0.4, 0.5) is 0 Å². The molecule has 0 aliphatic heterocycles. The van der Waals surface area contributed by atoms with Crippen molar-refractivity contribution in [3.63, 3.8) is 0 Å². The summed E-state index contributed by atoms with van der Waals surface area (Å²) in [6, 6.07) is 16.2. The summed E-state index contributed by atoms with van der Waals surface area (Å²) in [4.78, 5) is 11.4. The maximum absolute atomic E-state index is 5.95. The predicted molar refractivity (Wildman–Crippen MR) is 144 cm³/mol. The number of nitrogens with one attached hydrogen (secondary N) is 2. The van der Waals surface area contributed by atoms with Crippen LogP contribution in [0.15, 0.2) is 64.2 Å². The molecular weight excluding hydrogens is 529 g/mol. The largest absolute Gasteiger partial charge is 0.492 e. The number of para-hydroxylation sites is 1. The highest BCUT2D eigenvalue weighted by molar-refractivity contribution is 14.0. The number of aromatic nitrogens is 1. The molecule has 0 fully saturated rings. The Hall–Kier alpha value is -2.59. The lowest BCUT2D eigenvalue weighted by Crippen LogP contribution is -2.36. The summed E-state index contributed by atoms with van der Waals surface area (Å²) in [5.74, 6) is 2.20. The van der Waals surface area contributed by atoms with Crippen molar-refractivity contribution < 1.29 is 9.15 Å². The van der Waals surface area contributed by atoms with E-state index in [0.29, 0.717) is 25.6 Å². The zero-order chi connectivity index (χ0) is 22.8. The molecule has 0 saturated carbocycles. The fourth-order valence-electron chi connectivity index (χ4n) is 3.01. The van der Waals surface area contributed by atoms with Crippen molar-refractivity contribution in [1.82, 2.24) is 20.5 Å². The summed E-state index contributed by atoms with van der Waals surface area (Å²) < 4.78 is 11.6. The zero-order valence-electron chi connectivity index (χ0n) is 19.8. The average molecular weight is 563 g/mol. The number of oxazole rings is 1. The third kappa shape index (κ3) is 8.70. The summed E-state index contributed by atoms with van der Waals surface area (Å²) >= 11 is 0. The smallest absolute Gasteiger partial charge is 0.226 e. The maximum atomic E-state index is 5.95. The molecule has 0 amide bonds. The third-order valence-electron chi connectivity index (χ3n) is 4.81. The normalized spacial score (nSPS) is 11.2. The monoisotopic (exact) mass is 563 g/mol. The predicted octanol–water partition coefficient (Wildman–Crippen LogP) is 4.46. The van der Waals surface area contributed by atoms with E-state index in [0.717, 1.165) is 41.6 Å². The molecule has 2 aromatic carbocycles. The lowest BCUT2D eigenvalue weighted by atomic mass is 10.1. The van der Waals surface area contributed by atoms with E-state index in [2.05, 4.69) is 39.6 Å². The second kappa shape index (κ2) is 13.8. The number of aliphatic imine (C=N–C) groups is 1. The number of hydrogen-bond donors (Lipinski definition) is 2. The van der Waals surface area contributed by atoms with E-state index in [1.54, 1.807) is 6.26 Å². The lowest BCUT2D eigenvalue weighted by molar-refractivity contribution is 0.259. The highest BCUT2D eigenvalue weighted by Crippen LogP contribution is 2.20. The van der Waals surface area contributed by atoms with Gasteiger partial charge in [-0.1, -0.05) is 35.9 Å². The molecule has 7 nitrogen and oxygen atoms in total. The van der Waals surface area contributed by atoms with Gasteiger partial charge in [-0.3, -0.25) is 0 Å². The summed E-state index contributed by atoms with van der Waals surface area (Å²) in [6.45, 7) is 7.40. The molecule has 2 N–H and O–H groups in total. The van der Waals surface area contributed by atoms with Crippen molar-refractivity contribution in [1.29, 1.82) is 0 Å². The fraction of sp³-hybridized carbons (Fsp3) is 0.360. The van der Waals surface area contributed by atoms with Crippen LogP contribution in [0.5, 0.6) is 5.75 Å². The first-order valence-electron chi connectivity index (χ1n) is 10.9. The Kier molecular flexibility index (Phi) is 11.2. The van der Waals surface area contributed by atoms with Crippen LogP contribution >= 0.6 is 24.0 Å². The van der Waals surface area contributed by atoms with Crippen molar-refractivity contribution in [2.24, 2.45) is 4.99 Å². The number of ether oxygens (including phenoxy) is 1. The van der Waals surface area contributed by atoms with Crippen LogP contribution in [0.25, 0.3) is 11.5 Å². The Labute approximate surface area is 213 Å². The minimum Gasteiger partial charge on any atom is -0.492 e. The van der Waals surface area contributed by atoms with E-state index >= 15 is 0 Å². The van der Waals surface area contributed by atoms with Crippen LogP contribution in [0, 0.1) is 6.92 Å². The van der Waals surface area contributed by atoms with Gasteiger partial charge in [0.1, 0.15) is 18.6 Å². The van der Waals surface area contributed by atoms with Gasteiger partial charge in [0.25, 0.3) is 0 Å². The standard InChI is InChI=1S/C25H33N5O2.HI/c1-5-26-25(27-16-21-8-6-7-9-23(21)31-15-14-30(3)4)28-17-22-18-32-24(29-22)20-12-10-19(2)11-13-20;/h6-13,18H,5,14-17H2,1-4H3,(H2,26,27,28);1H. The van der Waals surface area contributed by atoms with Gasteiger partial charge in [0.15, 0.2) is 5.96 Å². The van der Waals surface area contributed by atoms with Crippen LogP contribution < -0.4 is 15.4 Å². The van der Waals surface area contributed by atoms with Gasteiger partial charge in [-0.2, -0.15) is 0 Å². The zero-order valence-corrected chi connectivity index (χ0v) is 22.1. The number of hydrogen-bond acceptors (Lipinski definition) is 5. The quantitative estimate of drug-likeness (QED) is 0.216. The molecule has 1 aromatic heterocycles. The topological polar surface area (TPSA) is 74.9 Å². The number of halogens is 1. The Morgan fingerprint density at radius 3 is 2.58 bits per heavy atom. The van der Waals surface area contributed by atoms with Gasteiger partial charge in [-0.15, -0.1) is 24.0 Å². The van der Waals surface area contributed by atoms with Crippen molar-refractivity contribution in [3.05, 3.63) is 71.6 Å². The van der Waals surface area contributed by atoms with Crippen molar-refractivity contribution in [2.75, 3.05) is 33.8 Å². The van der Waals surface area contributed by atoms with E-state index in [-0.39, 0.29) is 24.0 Å². The molecule has 178 valence electrons. The first-order valence-corrected chi connectivity index (χ1v) is 10.9. The van der Waals surface area contributed by atoms with Gasteiger partial charge in [-0.05, 0) is 46.1 Å². The number of guanidine groups is 1. The van der Waals surface area contributed by atoms with Crippen LogP contribution in [-0.2, 0) is 13.1 Å². The Balaban J connectivity index is 0.00000385. The van der Waals surface area contributed by atoms with E-state index in [1.807, 2.05) is 57.4 Å². The van der Waals surface area contributed by atoms with Gasteiger partial charge in [0, 0.05) is 24.2 Å². The molecule has 0 radical (unpaired) electrons. The first-order chi connectivity index (χ1) is 15.5. The molecule has 0 atom stereocenters. The Bertz CT molecular complexity index is 1000. The van der Waals surface area contributed by atoms with Crippen molar-refractivity contribution in [2.45, 2.75) is 26.9 Å². The molecule has 0 aliphatic carbocycles. The molecule has 33 heavy (non-hydrogen) atoms. The van der Waals surface area contributed by atoms with E-state index in [4.69, 9.17) is 14.1 Å². The molecule has 0 spiro atoms. The Morgan fingerprint density at radius 2 is 1.85 bits per heavy atom. The molecule has 8 heteroatoms. The minimum absolute atomic E-state index is 0. The summed E-state index contributed by atoms with van der Waals surface area (Å²) in [5, 5.41) is 6.61. The van der Waals surface area contributed by atoms with E-state index in [9.17, 15) is 0 Å². The van der Waals surface area contributed by atoms with Gasteiger partial charge in [-0.25, -0.2) is 9.98 Å². The third-order valence-corrected chi connectivity index (χ3v) is 4.81. The molecule has 3 rings (SSSR count). The number of nitrogens with zero attached hydrogens (tertiary/aromatic N) is 3. The molecule has 1 heterocycles. The van der Waals surface area contributed by atoms with Gasteiger partial charge >= 0.3 is 0 Å². The molecule has 3 aromatic rings. The number of benzene rings is 2. The second-order valence-corrected chi connectivity index (χ2v) is 7.82. The SMILES string of the molecule is CCNC(=NCc1ccccc1OCCN(C)C)NCc1coc(-c2ccc(C)cc2)n1.I. The summed E-state index contributed by atoms with van der Waals surface area (Å²) in [5.41, 5.74) is 4.04. The lowest BCUT2D eigenvalue weighted by Gasteiger charge is -2.14. The van der Waals surface area contributed by atoms with Gasteiger partial charge in [0.2, 0.25) is 5.89 Å². The summed E-state index contributed by atoms with van der Waals surface area (Å²) in [7, 11) is 4.07. The highest BCUT2D eigenvalue weighted by atomic mass is 127. The second-order valence-electron chi connectivity index (χ2n) is 7.82. The molecule has 0 bridgehead atoms. The van der Waals surface area contributed by atoms with Crippen LogP contribution in [-0.4, -0.2) is 49.6 Å². The Morgan fingerprint density at radius 1 is 1.09 bits per heavy atom. The minimum atomic E-state index is 0. The number of rotatable bonds is 10. The maximum Gasteiger partial charge on any atom is 0.226 e. The summed E-state index contributed by atoms with van der Waals surface area (Å²) in [6.07, 6.45) is 1.68. The van der Waals surface area contributed by atoms with Crippen LogP contribution in [0.1, 0.15) is 23.7 Å². The van der Waals surface area contributed by atoms with Crippen LogP contribution in [0.3, 0.4) is 0 Å². The average Bonchev–Trinajstić information content (AvgIpc) is 3.26. The van der Waals surface area contributed by atoms with Crippen LogP contribution in [0.2, 0.25) is 0 Å². The van der Waals surface area contributed by atoms with E-state index in [1.165, 1.54) is 5.56 Å². The highest BCUT2D eigenvalue weighted by Gasteiger charge is 2.08. The van der Waals surface area contributed by atoms with Crippen molar-refractivity contribution >= 4 is 29.9 Å². The molecular formula is C25H34IN5O2. The first kappa shape index (κ1) is 26.7. The molecule has 0 unspecified atom stereocenters. The fourth-order valence-corrected chi connectivity index (χ4v) is 3.01. The van der Waals surface area contributed by atoms with Gasteiger partial charge < -0.3 is 24.7 Å². The van der Waals surface area contributed by atoms with Gasteiger partial charge in [0.05, 0.1) is 18.8 Å². The van der Waals surface area contributed by atoms with E-state index < -0.39 is 0 Å².